The largest absolute Gasteiger partial charge is 0.368 e. The number of pyridine rings is 1. The van der Waals surface area contributed by atoms with Gasteiger partial charge in [0, 0.05) is 37.7 Å². The van der Waals surface area contributed by atoms with Crippen LogP contribution in [0.3, 0.4) is 0 Å². The quantitative estimate of drug-likeness (QED) is 0.594. The highest BCUT2D eigenvalue weighted by molar-refractivity contribution is 7.92. The number of nitrogens with zero attached hydrogens (tertiary/aromatic N) is 3. The van der Waals surface area contributed by atoms with E-state index in [4.69, 9.17) is 11.6 Å². The van der Waals surface area contributed by atoms with E-state index in [9.17, 15) is 21.6 Å². The minimum absolute atomic E-state index is 0.113. The van der Waals surface area contributed by atoms with E-state index in [1.807, 2.05) is 11.8 Å². The summed E-state index contributed by atoms with van der Waals surface area (Å²) in [6.45, 7) is 2.03. The Bertz CT molecular complexity index is 1050. The van der Waals surface area contributed by atoms with E-state index < -0.39 is 43.3 Å². The molecule has 2 aliphatic rings. The topological polar surface area (TPSA) is 65.5 Å². The van der Waals surface area contributed by atoms with Crippen LogP contribution in [-0.4, -0.2) is 51.0 Å². The zero-order valence-electron chi connectivity index (χ0n) is 14.7. The molecule has 2 atom stereocenters. The lowest BCUT2D eigenvalue weighted by molar-refractivity contribution is 0.0827. The highest BCUT2D eigenvalue weighted by Crippen LogP contribution is 2.40. The Hall–Kier alpha value is -2.04. The second-order valence-electron chi connectivity index (χ2n) is 6.96. The summed E-state index contributed by atoms with van der Waals surface area (Å²) in [5.74, 6) is -3.64. The predicted molar refractivity (Wildman–Crippen MR) is 98.5 cm³/mol. The molecule has 2 saturated heterocycles. The van der Waals surface area contributed by atoms with E-state index in [0.717, 1.165) is 24.7 Å². The van der Waals surface area contributed by atoms with Crippen LogP contribution in [0.4, 0.5) is 24.7 Å². The summed E-state index contributed by atoms with van der Waals surface area (Å²) >= 11 is 6.07. The molecule has 0 radical (unpaired) electrons. The smallest absolute Gasteiger partial charge is 0.268 e. The van der Waals surface area contributed by atoms with Gasteiger partial charge in [0.25, 0.3) is 10.0 Å². The van der Waals surface area contributed by atoms with Crippen molar-refractivity contribution in [2.45, 2.75) is 10.9 Å². The first-order chi connectivity index (χ1) is 13.2. The molecule has 2 aromatic rings. The van der Waals surface area contributed by atoms with E-state index in [-0.39, 0.29) is 11.7 Å². The molecule has 1 aromatic carbocycles. The maximum absolute atomic E-state index is 14.8. The maximum Gasteiger partial charge on any atom is 0.268 e. The highest BCUT2D eigenvalue weighted by Gasteiger charge is 2.44. The number of hydrogen-bond acceptors (Lipinski definition) is 5. The van der Waals surface area contributed by atoms with Crippen LogP contribution < -0.4 is 9.62 Å². The van der Waals surface area contributed by atoms with Crippen molar-refractivity contribution in [3.8, 4) is 0 Å². The Labute approximate surface area is 165 Å². The third kappa shape index (κ3) is 3.19. The molecule has 28 heavy (non-hydrogen) atoms. The average molecular weight is 433 g/mol. The molecule has 11 heteroatoms. The SMILES string of the molecule is CN1CC2CN(c3cc(F)c(S(=O)(=O)Nc4cccc(F)n4)c(F)c3Cl)CC21. The van der Waals surface area contributed by atoms with Crippen LogP contribution in [0.2, 0.25) is 5.02 Å². The van der Waals surface area contributed by atoms with Gasteiger partial charge in [0.15, 0.2) is 10.7 Å². The molecule has 150 valence electrons. The number of sulfonamides is 1. The Morgan fingerprint density at radius 3 is 2.61 bits per heavy atom. The molecular formula is C17H16ClF3N4O2S. The van der Waals surface area contributed by atoms with Gasteiger partial charge in [-0.1, -0.05) is 17.7 Å². The van der Waals surface area contributed by atoms with Crippen LogP contribution in [0.25, 0.3) is 0 Å². The summed E-state index contributed by atoms with van der Waals surface area (Å²) in [5, 5.41) is -0.474. The summed E-state index contributed by atoms with van der Waals surface area (Å²) in [6.07, 6.45) is 0. The molecule has 2 aliphatic heterocycles. The van der Waals surface area contributed by atoms with Crippen molar-refractivity contribution in [3.05, 3.63) is 46.9 Å². The fourth-order valence-electron chi connectivity index (χ4n) is 3.79. The van der Waals surface area contributed by atoms with Gasteiger partial charge in [-0.15, -0.1) is 0 Å². The van der Waals surface area contributed by atoms with Gasteiger partial charge in [0.2, 0.25) is 5.95 Å². The number of halogens is 4. The van der Waals surface area contributed by atoms with E-state index >= 15 is 0 Å². The van der Waals surface area contributed by atoms with Crippen molar-refractivity contribution < 1.29 is 21.6 Å². The van der Waals surface area contributed by atoms with Gasteiger partial charge in [0.05, 0.1) is 5.69 Å². The molecule has 0 saturated carbocycles. The first-order valence-corrected chi connectivity index (χ1v) is 10.3. The number of anilines is 2. The van der Waals surface area contributed by atoms with E-state index in [1.165, 1.54) is 6.07 Å². The summed E-state index contributed by atoms with van der Waals surface area (Å²) in [4.78, 5) is 5.99. The van der Waals surface area contributed by atoms with Crippen molar-refractivity contribution in [2.24, 2.45) is 5.92 Å². The van der Waals surface area contributed by atoms with Crippen LogP contribution in [0.5, 0.6) is 0 Å². The Morgan fingerprint density at radius 1 is 1.21 bits per heavy atom. The van der Waals surface area contributed by atoms with Crippen LogP contribution in [0, 0.1) is 23.5 Å². The molecule has 0 amide bonds. The number of benzene rings is 1. The van der Waals surface area contributed by atoms with Crippen molar-refractivity contribution >= 4 is 33.1 Å². The molecule has 3 heterocycles. The number of aromatic nitrogens is 1. The number of hydrogen-bond donors (Lipinski definition) is 1. The lowest BCUT2D eigenvalue weighted by Gasteiger charge is -2.40. The van der Waals surface area contributed by atoms with Crippen molar-refractivity contribution in [1.82, 2.24) is 9.88 Å². The Morgan fingerprint density at radius 2 is 1.96 bits per heavy atom. The summed E-state index contributed by atoms with van der Waals surface area (Å²) < 4.78 is 69.4. The van der Waals surface area contributed by atoms with Gasteiger partial charge in [-0.2, -0.15) is 4.39 Å². The molecular weight excluding hydrogens is 417 g/mol. The van der Waals surface area contributed by atoms with Crippen LogP contribution >= 0.6 is 11.6 Å². The lowest BCUT2D eigenvalue weighted by Crippen LogP contribution is -2.52. The fraction of sp³-hybridized carbons (Fsp3) is 0.353. The average Bonchev–Trinajstić information content (AvgIpc) is 2.94. The van der Waals surface area contributed by atoms with Crippen LogP contribution in [0.15, 0.2) is 29.2 Å². The normalized spacial score (nSPS) is 22.1. The van der Waals surface area contributed by atoms with Gasteiger partial charge in [-0.25, -0.2) is 22.2 Å². The summed E-state index contributed by atoms with van der Waals surface area (Å²) in [7, 11) is -2.75. The van der Waals surface area contributed by atoms with Gasteiger partial charge < -0.3 is 9.80 Å². The fourth-order valence-corrected chi connectivity index (χ4v) is 5.26. The molecule has 2 fully saturated rings. The number of nitrogens with one attached hydrogen (secondary N) is 1. The van der Waals surface area contributed by atoms with Gasteiger partial charge >= 0.3 is 0 Å². The zero-order valence-corrected chi connectivity index (χ0v) is 16.2. The predicted octanol–water partition coefficient (Wildman–Crippen LogP) is 2.70. The molecule has 0 spiro atoms. The van der Waals surface area contributed by atoms with E-state index in [1.54, 1.807) is 4.90 Å². The van der Waals surface area contributed by atoms with Crippen LogP contribution in [-0.2, 0) is 10.0 Å². The van der Waals surface area contributed by atoms with E-state index in [2.05, 4.69) is 9.88 Å². The monoisotopic (exact) mass is 432 g/mol. The van der Waals surface area contributed by atoms with Crippen LogP contribution in [0.1, 0.15) is 0 Å². The molecule has 1 N–H and O–H groups in total. The first-order valence-electron chi connectivity index (χ1n) is 8.45. The Balaban J connectivity index is 1.68. The van der Waals surface area contributed by atoms with Gasteiger partial charge in [0.1, 0.15) is 16.7 Å². The van der Waals surface area contributed by atoms with Crippen molar-refractivity contribution in [2.75, 3.05) is 36.3 Å². The minimum atomic E-state index is -4.71. The second-order valence-corrected chi connectivity index (χ2v) is 8.95. The number of likely N-dealkylation sites (N-methyl/N-ethyl adjacent to an activating group) is 1. The third-order valence-electron chi connectivity index (χ3n) is 5.16. The second kappa shape index (κ2) is 6.78. The molecule has 0 aliphatic carbocycles. The standard InChI is InChI=1S/C17H16ClF3N4O2S/c1-24-6-9-7-25(8-12(9)24)11-5-10(19)17(16(21)15(11)18)28(26,27)23-14-4-2-3-13(20)22-14/h2-5,9,12H,6-8H2,1H3,(H,22,23). The molecule has 4 rings (SSSR count). The molecule has 6 nitrogen and oxygen atoms in total. The van der Waals surface area contributed by atoms with E-state index in [0.29, 0.717) is 19.0 Å². The summed E-state index contributed by atoms with van der Waals surface area (Å²) in [6, 6.07) is 4.57. The molecule has 2 unspecified atom stereocenters. The summed E-state index contributed by atoms with van der Waals surface area (Å²) in [5.41, 5.74) is 0.113. The Kier molecular flexibility index (Phi) is 4.67. The van der Waals surface area contributed by atoms with Crippen molar-refractivity contribution in [3.63, 3.8) is 0 Å². The molecule has 1 aromatic heterocycles. The molecule has 0 bridgehead atoms. The third-order valence-corrected chi connectivity index (χ3v) is 6.90. The maximum atomic E-state index is 14.8. The van der Waals surface area contributed by atoms with Gasteiger partial charge in [-0.3, -0.25) is 4.72 Å². The number of fused-ring (bicyclic) bond motifs is 1. The minimum Gasteiger partial charge on any atom is -0.368 e. The lowest BCUT2D eigenvalue weighted by atomic mass is 9.93. The number of likely N-dealkylation sites (tertiary alicyclic amines) is 1. The first kappa shape index (κ1) is 19.3. The highest BCUT2D eigenvalue weighted by atomic mass is 35.5. The van der Waals surface area contributed by atoms with Gasteiger partial charge in [-0.05, 0) is 19.2 Å². The van der Waals surface area contributed by atoms with Crippen molar-refractivity contribution in [1.29, 1.82) is 0 Å². The zero-order chi connectivity index (χ0) is 20.2. The number of rotatable bonds is 4.